The number of nitrogens with zero attached hydrogens (tertiary/aromatic N) is 6. The quantitative estimate of drug-likeness (QED) is 0.156. The molecule has 0 radical (unpaired) electrons. The number of methoxy groups -OCH3 is 3. The van der Waals surface area contributed by atoms with E-state index in [0.29, 0.717) is 24.5 Å². The summed E-state index contributed by atoms with van der Waals surface area (Å²) >= 11 is 0. The van der Waals surface area contributed by atoms with Crippen LogP contribution in [0.3, 0.4) is 0 Å². The number of rotatable bonds is 10. The molecule has 0 saturated carbocycles. The molecule has 1 amide bonds. The fourth-order valence-electron chi connectivity index (χ4n) is 7.58. The van der Waals surface area contributed by atoms with Gasteiger partial charge in [0.05, 0.1) is 38.6 Å². The Balaban J connectivity index is 1.12. The Bertz CT molecular complexity index is 2120. The Morgan fingerprint density at radius 1 is 0.943 bits per heavy atom. The van der Waals surface area contributed by atoms with Crippen LogP contribution in [0.4, 0.5) is 0 Å². The van der Waals surface area contributed by atoms with Crippen LogP contribution in [0, 0.1) is 25.2 Å². The smallest absolute Gasteiger partial charge is 0.265 e. The predicted molar refractivity (Wildman–Crippen MR) is 205 cm³/mol. The molecule has 53 heavy (non-hydrogen) atoms. The van der Waals surface area contributed by atoms with Gasteiger partial charge >= 0.3 is 0 Å². The Kier molecular flexibility index (Phi) is 11.3. The van der Waals surface area contributed by atoms with E-state index in [9.17, 15) is 14.9 Å². The van der Waals surface area contributed by atoms with Gasteiger partial charge in [0.25, 0.3) is 11.5 Å². The second-order valence-corrected chi connectivity index (χ2v) is 13.8. The molecular weight excluding hydrogens is 668 g/mol. The minimum absolute atomic E-state index is 0.00369. The normalized spacial score (nSPS) is 16.5. The molecule has 4 aromatic rings. The highest BCUT2D eigenvalue weighted by Gasteiger charge is 2.31. The van der Waals surface area contributed by atoms with Crippen molar-refractivity contribution in [3.05, 3.63) is 110 Å². The second-order valence-electron chi connectivity index (χ2n) is 13.8. The summed E-state index contributed by atoms with van der Waals surface area (Å²) in [6, 6.07) is 15.8. The summed E-state index contributed by atoms with van der Waals surface area (Å²) in [6.45, 7) is 11.6. The first-order valence-electron chi connectivity index (χ1n) is 18.0. The number of amides is 1. The molecule has 1 saturated heterocycles. The van der Waals surface area contributed by atoms with Crippen LogP contribution in [0.5, 0.6) is 17.2 Å². The number of aryl methyl sites for hydroxylation is 1. The molecule has 11 heteroatoms. The van der Waals surface area contributed by atoms with E-state index in [0.717, 1.165) is 84.0 Å². The zero-order chi connectivity index (χ0) is 37.8. The van der Waals surface area contributed by atoms with Crippen LogP contribution < -0.4 is 19.8 Å². The molecule has 2 aliphatic heterocycles. The van der Waals surface area contributed by atoms with Crippen molar-refractivity contribution in [2.24, 2.45) is 7.05 Å². The maximum atomic E-state index is 13.6. The van der Waals surface area contributed by atoms with Crippen LogP contribution in [-0.2, 0) is 31.4 Å². The molecule has 0 aliphatic carbocycles. The van der Waals surface area contributed by atoms with Crippen LogP contribution in [0.25, 0.3) is 17.2 Å². The summed E-state index contributed by atoms with van der Waals surface area (Å²) in [4.78, 5) is 37.1. The molecule has 1 unspecified atom stereocenters. The summed E-state index contributed by atoms with van der Waals surface area (Å²) < 4.78 is 18.7. The lowest BCUT2D eigenvalue weighted by Gasteiger charge is -2.38. The van der Waals surface area contributed by atoms with Crippen LogP contribution >= 0.6 is 0 Å². The first-order chi connectivity index (χ1) is 25.6. The van der Waals surface area contributed by atoms with Crippen molar-refractivity contribution in [1.29, 1.82) is 5.26 Å². The van der Waals surface area contributed by atoms with Crippen molar-refractivity contribution in [3.8, 4) is 34.4 Å². The monoisotopic (exact) mass is 716 g/mol. The van der Waals surface area contributed by atoms with Crippen molar-refractivity contribution >= 4 is 12.0 Å². The van der Waals surface area contributed by atoms with Crippen LogP contribution in [0.2, 0.25) is 0 Å². The Morgan fingerprint density at radius 3 is 2.26 bits per heavy atom. The van der Waals surface area contributed by atoms with Crippen LogP contribution in [0.1, 0.15) is 52.0 Å². The highest BCUT2D eigenvalue weighted by Crippen LogP contribution is 2.38. The summed E-state index contributed by atoms with van der Waals surface area (Å²) in [6.07, 6.45) is 5.73. The van der Waals surface area contributed by atoms with Crippen LogP contribution in [-0.4, -0.2) is 84.2 Å². The summed E-state index contributed by atoms with van der Waals surface area (Å²) in [5.74, 6) is 1.84. The van der Waals surface area contributed by atoms with Gasteiger partial charge in [0, 0.05) is 82.4 Å². The number of aromatic nitrogens is 2. The lowest BCUT2D eigenvalue weighted by atomic mass is 9.89. The first-order valence-corrected chi connectivity index (χ1v) is 18.0. The average Bonchev–Trinajstić information content (AvgIpc) is 3.18. The minimum atomic E-state index is -0.295. The van der Waals surface area contributed by atoms with E-state index in [4.69, 9.17) is 14.2 Å². The number of carbonyl (C=O) groups excluding carboxylic acids is 1. The van der Waals surface area contributed by atoms with E-state index in [1.165, 1.54) is 17.2 Å². The van der Waals surface area contributed by atoms with Gasteiger partial charge < -0.3 is 23.7 Å². The molecule has 0 spiro atoms. The summed E-state index contributed by atoms with van der Waals surface area (Å²) in [5, 5.41) is 9.91. The molecule has 2 aromatic heterocycles. The van der Waals surface area contributed by atoms with E-state index in [-0.39, 0.29) is 23.1 Å². The lowest BCUT2D eigenvalue weighted by Crippen LogP contribution is -2.45. The predicted octanol–water partition coefficient (Wildman–Crippen LogP) is 5.46. The first kappa shape index (κ1) is 37.3. The van der Waals surface area contributed by atoms with Gasteiger partial charge in [0.2, 0.25) is 0 Å². The van der Waals surface area contributed by atoms with Crippen LogP contribution in [0.15, 0.2) is 65.2 Å². The minimum Gasteiger partial charge on any atom is -0.497 e. The Morgan fingerprint density at radius 2 is 1.62 bits per heavy atom. The van der Waals surface area contributed by atoms with Gasteiger partial charge in [0.15, 0.2) is 0 Å². The molecule has 6 rings (SSSR count). The van der Waals surface area contributed by atoms with Gasteiger partial charge in [-0.15, -0.1) is 0 Å². The molecule has 11 nitrogen and oxygen atoms in total. The maximum Gasteiger partial charge on any atom is 0.265 e. The third kappa shape index (κ3) is 7.70. The second kappa shape index (κ2) is 16.1. The molecule has 4 heterocycles. The van der Waals surface area contributed by atoms with Gasteiger partial charge in [-0.2, -0.15) is 5.26 Å². The molecular formula is C42H48N6O5. The van der Waals surface area contributed by atoms with E-state index in [1.807, 2.05) is 39.1 Å². The number of carbonyl (C=O) groups is 1. The SMILES string of the molecule is COc1ccnc(/C=C(\C#N)C(=O)N2CCc3c(CN4CCN(Cc5c(OC)cc(-c6cn(C)c(=O)c(C)c6C)cc5OC)CC4)cccc3C2C)c1. The lowest BCUT2D eigenvalue weighted by molar-refractivity contribution is -0.129. The van der Waals surface area contributed by atoms with Crippen molar-refractivity contribution < 1.29 is 19.0 Å². The average molecular weight is 717 g/mol. The zero-order valence-electron chi connectivity index (χ0n) is 31.7. The molecule has 1 fully saturated rings. The number of ether oxygens (including phenoxy) is 3. The summed E-state index contributed by atoms with van der Waals surface area (Å²) in [7, 11) is 6.72. The van der Waals surface area contributed by atoms with E-state index in [2.05, 4.69) is 39.1 Å². The zero-order valence-corrected chi connectivity index (χ0v) is 31.7. The van der Waals surface area contributed by atoms with Gasteiger partial charge in [-0.25, -0.2) is 0 Å². The Labute approximate surface area is 311 Å². The van der Waals surface area contributed by atoms with Gasteiger partial charge in [0.1, 0.15) is 28.9 Å². The van der Waals surface area contributed by atoms with Gasteiger partial charge in [-0.1, -0.05) is 18.2 Å². The number of piperazine rings is 1. The molecule has 2 aliphatic rings. The molecule has 1 atom stereocenters. The summed E-state index contributed by atoms with van der Waals surface area (Å²) in [5.41, 5.74) is 8.87. The highest BCUT2D eigenvalue weighted by atomic mass is 16.5. The molecule has 276 valence electrons. The number of nitriles is 1. The molecule has 0 bridgehead atoms. The Hall–Kier alpha value is -5.44. The number of hydrogen-bond acceptors (Lipinski definition) is 9. The third-order valence-electron chi connectivity index (χ3n) is 10.8. The maximum absolute atomic E-state index is 13.6. The van der Waals surface area contributed by atoms with Crippen molar-refractivity contribution in [2.75, 3.05) is 54.1 Å². The number of fused-ring (bicyclic) bond motifs is 1. The van der Waals surface area contributed by atoms with E-state index in [1.54, 1.807) is 56.2 Å². The van der Waals surface area contributed by atoms with E-state index < -0.39 is 0 Å². The molecule has 0 N–H and O–H groups in total. The highest BCUT2D eigenvalue weighted by molar-refractivity contribution is 6.01. The van der Waals surface area contributed by atoms with Crippen molar-refractivity contribution in [1.82, 2.24) is 24.3 Å². The standard InChI is InChI=1S/C42H48N6O5/c1-27-28(2)41(49)45(4)25-37(27)31-20-39(52-6)38(40(21-31)53-7)26-47-17-15-46(16-18-47)24-30-9-8-10-35-29(3)48(14-12-36(30)35)42(50)32(23-43)19-33-22-34(51-5)11-13-44-33/h8-11,13,19-22,25,29H,12,14-18,24,26H2,1-7H3/b32-19+. The van der Waals surface area contributed by atoms with Crippen molar-refractivity contribution in [3.63, 3.8) is 0 Å². The number of pyridine rings is 2. The fraction of sp³-hybridized carbons (Fsp3) is 0.381. The number of benzene rings is 2. The number of hydrogen-bond donors (Lipinski definition) is 0. The molecule has 2 aromatic carbocycles. The van der Waals surface area contributed by atoms with E-state index >= 15 is 0 Å². The fourth-order valence-corrected chi connectivity index (χ4v) is 7.58. The third-order valence-corrected chi connectivity index (χ3v) is 10.8. The van der Waals surface area contributed by atoms with Gasteiger partial charge in [-0.05, 0) is 79.3 Å². The van der Waals surface area contributed by atoms with Crippen molar-refractivity contribution in [2.45, 2.75) is 46.3 Å². The van der Waals surface area contributed by atoms with Gasteiger partial charge in [-0.3, -0.25) is 24.4 Å². The topological polar surface area (TPSA) is 113 Å². The largest absolute Gasteiger partial charge is 0.497 e.